The van der Waals surface area contributed by atoms with Gasteiger partial charge in [0.25, 0.3) is 0 Å². The van der Waals surface area contributed by atoms with Gasteiger partial charge in [-0.2, -0.15) is 13.2 Å². The van der Waals surface area contributed by atoms with Crippen LogP contribution in [-0.4, -0.2) is 50.5 Å². The number of anilines is 1. The summed E-state index contributed by atoms with van der Waals surface area (Å²) in [6.45, 7) is 1.89. The highest BCUT2D eigenvalue weighted by atomic mass is 35.5. The van der Waals surface area contributed by atoms with Crippen LogP contribution in [-0.2, 0) is 32.3 Å². The topological polar surface area (TPSA) is 86.8 Å². The Hall–Kier alpha value is -2.86. The lowest BCUT2D eigenvalue weighted by Crippen LogP contribution is -2.51. The Balaban J connectivity index is 2.51. The van der Waals surface area contributed by atoms with Crippen LogP contribution in [0.5, 0.6) is 0 Å². The van der Waals surface area contributed by atoms with Gasteiger partial charge < -0.3 is 10.2 Å². The molecular weight excluding hydrogens is 514 g/mol. The van der Waals surface area contributed by atoms with Crippen molar-refractivity contribution in [3.63, 3.8) is 0 Å². The molecule has 0 spiro atoms. The van der Waals surface area contributed by atoms with E-state index >= 15 is 0 Å². The van der Waals surface area contributed by atoms with Crippen LogP contribution in [0.25, 0.3) is 0 Å². The van der Waals surface area contributed by atoms with Crippen molar-refractivity contribution in [3.8, 4) is 0 Å². The van der Waals surface area contributed by atoms with Gasteiger partial charge in [0.15, 0.2) is 0 Å². The summed E-state index contributed by atoms with van der Waals surface area (Å²) in [6.07, 6.45) is -4.10. The van der Waals surface area contributed by atoms with E-state index in [1.165, 1.54) is 25.1 Å². The third kappa shape index (κ3) is 7.31. The van der Waals surface area contributed by atoms with Gasteiger partial charge in [0.1, 0.15) is 18.4 Å². The number of hydrogen-bond donors (Lipinski definition) is 1. The van der Waals surface area contributed by atoms with Crippen LogP contribution in [0, 0.1) is 5.82 Å². The molecule has 1 N–H and O–H groups in total. The van der Waals surface area contributed by atoms with Gasteiger partial charge >= 0.3 is 6.18 Å². The van der Waals surface area contributed by atoms with Crippen molar-refractivity contribution in [2.24, 2.45) is 0 Å². The summed E-state index contributed by atoms with van der Waals surface area (Å²) in [5.74, 6) is -2.19. The van der Waals surface area contributed by atoms with Gasteiger partial charge in [-0.1, -0.05) is 29.8 Å². The monoisotopic (exact) mass is 537 g/mol. The molecule has 7 nitrogen and oxygen atoms in total. The van der Waals surface area contributed by atoms with Crippen LogP contribution < -0.4 is 9.62 Å². The van der Waals surface area contributed by atoms with E-state index in [1.807, 2.05) is 0 Å². The minimum atomic E-state index is -4.80. The number of likely N-dealkylation sites (N-methyl/N-ethyl adjacent to an activating group) is 1. The molecule has 2 aromatic carbocycles. The molecule has 2 rings (SSSR count). The van der Waals surface area contributed by atoms with E-state index in [-0.39, 0.29) is 17.1 Å². The van der Waals surface area contributed by atoms with Crippen molar-refractivity contribution in [1.29, 1.82) is 0 Å². The molecule has 0 radical (unpaired) electrons. The maximum absolute atomic E-state index is 14.3. The molecule has 192 valence electrons. The van der Waals surface area contributed by atoms with Crippen molar-refractivity contribution < 1.29 is 35.6 Å². The number of nitrogens with one attached hydrogen (secondary N) is 1. The van der Waals surface area contributed by atoms with Crippen molar-refractivity contribution in [3.05, 3.63) is 64.4 Å². The molecule has 0 aromatic heterocycles. The third-order valence-corrected chi connectivity index (χ3v) is 6.48. The Morgan fingerprint density at radius 3 is 2.31 bits per heavy atom. The Kier molecular flexibility index (Phi) is 9.12. The molecule has 0 fully saturated rings. The number of rotatable bonds is 9. The second-order valence-corrected chi connectivity index (χ2v) is 9.93. The van der Waals surface area contributed by atoms with Crippen molar-refractivity contribution in [2.45, 2.75) is 32.6 Å². The number of benzene rings is 2. The molecule has 0 unspecified atom stereocenters. The molecule has 2 amide bonds. The first-order valence-corrected chi connectivity index (χ1v) is 12.5. The normalized spacial score (nSPS) is 12.7. The molecule has 0 aliphatic heterocycles. The first-order valence-electron chi connectivity index (χ1n) is 10.3. The highest BCUT2D eigenvalue weighted by Gasteiger charge is 2.34. The lowest BCUT2D eigenvalue weighted by molar-refractivity contribution is -0.139. The van der Waals surface area contributed by atoms with E-state index in [4.69, 9.17) is 11.6 Å². The molecule has 0 aliphatic rings. The predicted octanol–water partition coefficient (Wildman–Crippen LogP) is 3.82. The summed E-state index contributed by atoms with van der Waals surface area (Å²) in [7, 11) is -4.31. The minimum Gasteiger partial charge on any atom is -0.355 e. The van der Waals surface area contributed by atoms with E-state index in [9.17, 15) is 35.6 Å². The molecule has 0 aliphatic carbocycles. The fraction of sp³-hybridized carbons (Fsp3) is 0.364. The van der Waals surface area contributed by atoms with E-state index in [2.05, 4.69) is 5.32 Å². The van der Waals surface area contributed by atoms with Gasteiger partial charge in [-0.05, 0) is 38.1 Å². The number of amides is 2. The molecule has 13 heteroatoms. The zero-order chi connectivity index (χ0) is 26.6. The minimum absolute atomic E-state index is 0.0556. The lowest BCUT2D eigenvalue weighted by Gasteiger charge is -2.31. The maximum Gasteiger partial charge on any atom is 0.416 e. The van der Waals surface area contributed by atoms with Gasteiger partial charge in [0.05, 0.1) is 22.5 Å². The molecule has 35 heavy (non-hydrogen) atoms. The van der Waals surface area contributed by atoms with E-state index in [0.29, 0.717) is 22.7 Å². The van der Waals surface area contributed by atoms with Crippen molar-refractivity contribution >= 4 is 39.1 Å². The van der Waals surface area contributed by atoms with Gasteiger partial charge in [-0.25, -0.2) is 12.8 Å². The molecule has 0 saturated heterocycles. The number of alkyl halides is 3. The van der Waals surface area contributed by atoms with Gasteiger partial charge in [0, 0.05) is 18.7 Å². The maximum atomic E-state index is 14.3. The van der Waals surface area contributed by atoms with Crippen LogP contribution >= 0.6 is 11.6 Å². The smallest absolute Gasteiger partial charge is 0.355 e. The zero-order valence-corrected chi connectivity index (χ0v) is 20.6. The summed E-state index contributed by atoms with van der Waals surface area (Å²) < 4.78 is 79.4. The van der Waals surface area contributed by atoms with E-state index < -0.39 is 64.2 Å². The fourth-order valence-electron chi connectivity index (χ4n) is 3.19. The van der Waals surface area contributed by atoms with E-state index in [0.717, 1.165) is 17.0 Å². The number of carbonyl (C=O) groups excluding carboxylic acids is 2. The largest absolute Gasteiger partial charge is 0.416 e. The summed E-state index contributed by atoms with van der Waals surface area (Å²) in [6, 6.07) is 6.40. The van der Waals surface area contributed by atoms with Crippen LogP contribution in [0.4, 0.5) is 23.2 Å². The van der Waals surface area contributed by atoms with Gasteiger partial charge in [-0.15, -0.1) is 0 Å². The quantitative estimate of drug-likeness (QED) is 0.493. The highest BCUT2D eigenvalue weighted by molar-refractivity contribution is 7.92. The second-order valence-electron chi connectivity index (χ2n) is 7.62. The van der Waals surface area contributed by atoms with Gasteiger partial charge in [0.2, 0.25) is 21.8 Å². The van der Waals surface area contributed by atoms with Crippen LogP contribution in [0.1, 0.15) is 25.0 Å². The molecule has 0 saturated carbocycles. The number of hydrogen-bond acceptors (Lipinski definition) is 4. The molecule has 0 heterocycles. The average molecular weight is 538 g/mol. The van der Waals surface area contributed by atoms with Crippen LogP contribution in [0.2, 0.25) is 5.02 Å². The van der Waals surface area contributed by atoms with E-state index in [1.54, 1.807) is 6.92 Å². The standard InChI is InChI=1S/C22H24ClF4N3O4S/c1-4-28-21(32)14(2)29(12-15-7-5-6-8-18(15)24)20(31)13-30(35(3,33)34)19-11-16(22(25,26)27)9-10-17(19)23/h5-11,14H,4,12-13H2,1-3H3,(H,28,32)/t14-/m1/s1. The molecule has 1 atom stereocenters. The van der Waals surface area contributed by atoms with Gasteiger partial charge in [-0.3, -0.25) is 13.9 Å². The summed E-state index contributed by atoms with van der Waals surface area (Å²) in [4.78, 5) is 26.7. The number of carbonyl (C=O) groups is 2. The zero-order valence-electron chi connectivity index (χ0n) is 19.1. The SMILES string of the molecule is CCNC(=O)[C@@H](C)N(Cc1ccccc1F)C(=O)CN(c1cc(C(F)(F)F)ccc1Cl)S(C)(=O)=O. The van der Waals surface area contributed by atoms with Crippen molar-refractivity contribution in [2.75, 3.05) is 23.7 Å². The second kappa shape index (κ2) is 11.3. The Morgan fingerprint density at radius 1 is 1.14 bits per heavy atom. The molecule has 2 aromatic rings. The number of sulfonamides is 1. The van der Waals surface area contributed by atoms with Crippen LogP contribution in [0.3, 0.4) is 0 Å². The fourth-order valence-corrected chi connectivity index (χ4v) is 4.31. The third-order valence-electron chi connectivity index (χ3n) is 5.04. The molecular formula is C22H24ClF4N3O4S. The summed E-state index contributed by atoms with van der Waals surface area (Å²) in [5, 5.41) is 2.19. The first kappa shape index (κ1) is 28.4. The Morgan fingerprint density at radius 2 is 1.77 bits per heavy atom. The molecule has 0 bridgehead atoms. The number of halogens is 5. The predicted molar refractivity (Wildman–Crippen MR) is 124 cm³/mol. The Labute approximate surface area is 205 Å². The highest BCUT2D eigenvalue weighted by Crippen LogP contribution is 2.36. The van der Waals surface area contributed by atoms with Crippen molar-refractivity contribution in [1.82, 2.24) is 10.2 Å². The summed E-state index contributed by atoms with van der Waals surface area (Å²) >= 11 is 6.00. The average Bonchev–Trinajstić information content (AvgIpc) is 2.75. The first-order chi connectivity index (χ1) is 16.2. The Bertz CT molecular complexity index is 1190. The van der Waals surface area contributed by atoms with Crippen LogP contribution in [0.15, 0.2) is 42.5 Å². The lowest BCUT2D eigenvalue weighted by atomic mass is 10.1. The number of nitrogens with zero attached hydrogens (tertiary/aromatic N) is 2. The summed E-state index contributed by atoms with van der Waals surface area (Å²) in [5.41, 5.74) is -1.68.